The highest BCUT2D eigenvalue weighted by Gasteiger charge is 2.34. The van der Waals surface area contributed by atoms with Gasteiger partial charge in [-0.25, -0.2) is 23.7 Å². The molecule has 1 fully saturated rings. The molecule has 1 aromatic carbocycles. The summed E-state index contributed by atoms with van der Waals surface area (Å²) < 4.78 is 29.3. The van der Waals surface area contributed by atoms with Gasteiger partial charge in [-0.05, 0) is 42.7 Å². The van der Waals surface area contributed by atoms with Crippen molar-refractivity contribution in [3.8, 4) is 11.3 Å². The van der Waals surface area contributed by atoms with Crippen LogP contribution in [0.2, 0.25) is 0 Å². The molecule has 12 heteroatoms. The van der Waals surface area contributed by atoms with Crippen LogP contribution in [0, 0.1) is 11.6 Å². The molecule has 10 nitrogen and oxygen atoms in total. The molecular weight excluding hydrogens is 468 g/mol. The molecule has 6 N–H and O–H groups in total. The Labute approximate surface area is 205 Å². The van der Waals surface area contributed by atoms with Crippen LogP contribution in [0.5, 0.6) is 0 Å². The molecule has 3 aromatic heterocycles. The first-order chi connectivity index (χ1) is 17.2. The number of fused-ring (bicyclic) bond motifs is 1. The second-order valence-corrected chi connectivity index (χ2v) is 9.16. The third kappa shape index (κ3) is 4.54. The van der Waals surface area contributed by atoms with Crippen molar-refractivity contribution in [1.29, 1.82) is 0 Å². The maximum absolute atomic E-state index is 13.9. The van der Waals surface area contributed by atoms with Crippen molar-refractivity contribution < 1.29 is 13.6 Å². The van der Waals surface area contributed by atoms with Crippen molar-refractivity contribution in [2.75, 3.05) is 23.7 Å². The molecule has 1 aliphatic rings. The van der Waals surface area contributed by atoms with Gasteiger partial charge in [0.15, 0.2) is 23.1 Å². The standard InChI is InChI=1S/C24H25F2N9O/c25-16-3-2-14(6-17(16)26)18-7-15(10-35-13-33-21-22(28)31-12-32-23(21)35)19(9-30-18)34-5-1-4-24(29,11-34)8-20(27)36/h2-3,6-7,9,12-13H,1,4-5,8,10-11,29H2,(H2,27,36)(H2,28,31,32)/t24-/m0/s1. The maximum atomic E-state index is 13.9. The van der Waals surface area contributed by atoms with Crippen LogP contribution in [0.15, 0.2) is 43.1 Å². The number of imidazole rings is 1. The lowest BCUT2D eigenvalue weighted by Gasteiger charge is -2.41. The normalized spacial score (nSPS) is 18.0. The highest BCUT2D eigenvalue weighted by molar-refractivity contribution is 5.81. The Morgan fingerprint density at radius 2 is 1.94 bits per heavy atom. The van der Waals surface area contributed by atoms with Crippen LogP contribution in [0.25, 0.3) is 22.4 Å². The highest BCUT2D eigenvalue weighted by Crippen LogP contribution is 2.32. The van der Waals surface area contributed by atoms with Gasteiger partial charge in [0, 0.05) is 30.6 Å². The van der Waals surface area contributed by atoms with Crippen molar-refractivity contribution in [2.45, 2.75) is 31.3 Å². The number of anilines is 2. The van der Waals surface area contributed by atoms with Gasteiger partial charge < -0.3 is 26.7 Å². The molecule has 0 spiro atoms. The molecule has 186 valence electrons. The number of pyridine rings is 1. The fraction of sp³-hybridized carbons (Fsp3) is 0.292. The van der Waals surface area contributed by atoms with E-state index in [0.717, 1.165) is 29.8 Å². The van der Waals surface area contributed by atoms with Gasteiger partial charge in [0.25, 0.3) is 0 Å². The molecule has 0 saturated carbocycles. The summed E-state index contributed by atoms with van der Waals surface area (Å²) in [6.07, 6.45) is 6.18. The summed E-state index contributed by atoms with van der Waals surface area (Å²) in [6.45, 7) is 1.46. The number of nitrogen functional groups attached to an aromatic ring is 1. The number of hydrogen-bond donors (Lipinski definition) is 3. The summed E-state index contributed by atoms with van der Waals surface area (Å²) in [5.74, 6) is -2.07. The number of carbonyl (C=O) groups is 1. The van der Waals surface area contributed by atoms with Gasteiger partial charge in [0.2, 0.25) is 5.91 Å². The number of aromatic nitrogens is 5. The lowest BCUT2D eigenvalue weighted by Crippen LogP contribution is -2.56. The van der Waals surface area contributed by atoms with Gasteiger partial charge in [0.05, 0.1) is 30.5 Å². The lowest BCUT2D eigenvalue weighted by atomic mass is 9.86. The number of piperidine rings is 1. The average Bonchev–Trinajstić information content (AvgIpc) is 3.24. The van der Waals surface area contributed by atoms with E-state index < -0.39 is 23.1 Å². The smallest absolute Gasteiger partial charge is 0.219 e. The second kappa shape index (κ2) is 9.11. The van der Waals surface area contributed by atoms with Crippen LogP contribution in [0.4, 0.5) is 20.3 Å². The Balaban J connectivity index is 1.57. The van der Waals surface area contributed by atoms with Crippen LogP contribution in [0.1, 0.15) is 24.8 Å². The van der Waals surface area contributed by atoms with Crippen LogP contribution >= 0.6 is 0 Å². The monoisotopic (exact) mass is 493 g/mol. The summed E-state index contributed by atoms with van der Waals surface area (Å²) in [6, 6.07) is 5.48. The SMILES string of the molecule is NC(=O)C[C@@]1(N)CCCN(c2cnc(-c3ccc(F)c(F)c3)cc2Cn2cnc3c(N)ncnc32)C1. The van der Waals surface area contributed by atoms with E-state index in [4.69, 9.17) is 17.2 Å². The number of primary amides is 1. The van der Waals surface area contributed by atoms with Crippen LogP contribution in [0.3, 0.4) is 0 Å². The van der Waals surface area contributed by atoms with Crippen molar-refractivity contribution in [2.24, 2.45) is 11.5 Å². The van der Waals surface area contributed by atoms with Crippen molar-refractivity contribution in [1.82, 2.24) is 24.5 Å². The molecule has 0 bridgehead atoms. The topological polar surface area (TPSA) is 155 Å². The number of nitrogens with zero attached hydrogens (tertiary/aromatic N) is 6. The molecule has 1 amide bonds. The van der Waals surface area contributed by atoms with Crippen molar-refractivity contribution in [3.63, 3.8) is 0 Å². The number of halogens is 2. The first-order valence-corrected chi connectivity index (χ1v) is 11.4. The van der Waals surface area contributed by atoms with E-state index in [2.05, 4.69) is 24.8 Å². The minimum absolute atomic E-state index is 0.0710. The van der Waals surface area contributed by atoms with Gasteiger partial charge in [0.1, 0.15) is 11.8 Å². The van der Waals surface area contributed by atoms with Gasteiger partial charge >= 0.3 is 0 Å². The molecule has 0 aliphatic carbocycles. The average molecular weight is 494 g/mol. The van der Waals surface area contributed by atoms with E-state index >= 15 is 0 Å². The molecule has 36 heavy (non-hydrogen) atoms. The third-order valence-electron chi connectivity index (χ3n) is 6.43. The molecule has 0 radical (unpaired) electrons. The predicted molar refractivity (Wildman–Crippen MR) is 131 cm³/mol. The predicted octanol–water partition coefficient (Wildman–Crippen LogP) is 1.97. The molecular formula is C24H25F2N9O. The summed E-state index contributed by atoms with van der Waals surface area (Å²) in [7, 11) is 0. The molecule has 1 aliphatic heterocycles. The Morgan fingerprint density at radius 3 is 2.72 bits per heavy atom. The minimum Gasteiger partial charge on any atom is -0.382 e. The zero-order valence-electron chi connectivity index (χ0n) is 19.4. The summed E-state index contributed by atoms with van der Waals surface area (Å²) >= 11 is 0. The fourth-order valence-corrected chi connectivity index (χ4v) is 4.77. The van der Waals surface area contributed by atoms with Crippen LogP contribution < -0.4 is 22.1 Å². The second-order valence-electron chi connectivity index (χ2n) is 9.16. The van der Waals surface area contributed by atoms with Crippen molar-refractivity contribution >= 4 is 28.6 Å². The minimum atomic E-state index is -0.955. The molecule has 4 heterocycles. The summed E-state index contributed by atoms with van der Waals surface area (Å²) in [5, 5.41) is 0. The Hall–Kier alpha value is -4.19. The van der Waals surface area contributed by atoms with E-state index in [1.54, 1.807) is 12.5 Å². The number of carbonyl (C=O) groups excluding carboxylic acids is 1. The Morgan fingerprint density at radius 1 is 1.11 bits per heavy atom. The zero-order valence-corrected chi connectivity index (χ0v) is 19.4. The summed E-state index contributed by atoms with van der Waals surface area (Å²) in [5.41, 5.74) is 20.7. The first-order valence-electron chi connectivity index (χ1n) is 11.4. The number of hydrogen-bond acceptors (Lipinski definition) is 8. The highest BCUT2D eigenvalue weighted by atomic mass is 19.2. The van der Waals surface area contributed by atoms with E-state index in [9.17, 15) is 13.6 Å². The van der Waals surface area contributed by atoms with E-state index in [1.807, 2.05) is 10.6 Å². The van der Waals surface area contributed by atoms with E-state index in [1.165, 1.54) is 12.4 Å². The Bertz CT molecular complexity index is 1460. The number of rotatable bonds is 6. The van der Waals surface area contributed by atoms with Gasteiger partial charge in [-0.15, -0.1) is 0 Å². The van der Waals surface area contributed by atoms with Gasteiger partial charge in [-0.1, -0.05) is 0 Å². The van der Waals surface area contributed by atoms with Crippen molar-refractivity contribution in [3.05, 3.63) is 60.3 Å². The third-order valence-corrected chi connectivity index (χ3v) is 6.43. The number of amides is 1. The lowest BCUT2D eigenvalue weighted by molar-refractivity contribution is -0.119. The fourth-order valence-electron chi connectivity index (χ4n) is 4.77. The largest absolute Gasteiger partial charge is 0.382 e. The van der Waals surface area contributed by atoms with E-state index in [0.29, 0.717) is 48.5 Å². The number of benzene rings is 1. The van der Waals surface area contributed by atoms with Crippen LogP contribution in [-0.4, -0.2) is 49.0 Å². The first kappa shape index (κ1) is 23.5. The molecule has 0 unspecified atom stereocenters. The molecule has 1 saturated heterocycles. The quantitative estimate of drug-likeness (QED) is 0.368. The molecule has 5 rings (SSSR count). The summed E-state index contributed by atoms with van der Waals surface area (Å²) in [4.78, 5) is 30.9. The van der Waals surface area contributed by atoms with Crippen LogP contribution in [-0.2, 0) is 11.3 Å². The maximum Gasteiger partial charge on any atom is 0.219 e. The van der Waals surface area contributed by atoms with E-state index in [-0.39, 0.29) is 12.2 Å². The molecule has 4 aromatic rings. The van der Waals surface area contributed by atoms with Gasteiger partial charge in [-0.2, -0.15) is 0 Å². The van der Waals surface area contributed by atoms with Gasteiger partial charge in [-0.3, -0.25) is 9.78 Å². The zero-order chi connectivity index (χ0) is 25.4. The Kier molecular flexibility index (Phi) is 5.96. The number of nitrogens with two attached hydrogens (primary N) is 3. The molecule has 1 atom stereocenters.